The largest absolute Gasteiger partial charge is 0.368 e. The number of amides is 1. The van der Waals surface area contributed by atoms with E-state index in [9.17, 15) is 4.79 Å². The molecule has 4 heterocycles. The number of anilines is 2. The first-order chi connectivity index (χ1) is 16.1. The third-order valence-corrected chi connectivity index (χ3v) is 6.28. The fourth-order valence-corrected chi connectivity index (χ4v) is 4.28. The molecule has 0 aromatic carbocycles. The van der Waals surface area contributed by atoms with Crippen molar-refractivity contribution in [2.45, 2.75) is 32.7 Å². The third kappa shape index (κ3) is 4.93. The van der Waals surface area contributed by atoms with Crippen LogP contribution in [-0.4, -0.2) is 75.7 Å². The van der Waals surface area contributed by atoms with E-state index in [1.54, 1.807) is 12.4 Å². The summed E-state index contributed by atoms with van der Waals surface area (Å²) in [7, 11) is 0. The number of hydrogen-bond donors (Lipinski definition) is 2. The highest BCUT2D eigenvalue weighted by molar-refractivity contribution is 5.82. The molecule has 1 aliphatic carbocycles. The van der Waals surface area contributed by atoms with Crippen molar-refractivity contribution in [3.63, 3.8) is 0 Å². The van der Waals surface area contributed by atoms with Crippen LogP contribution in [-0.2, 0) is 4.79 Å². The number of piperazine rings is 1. The molecule has 2 fully saturated rings. The van der Waals surface area contributed by atoms with Gasteiger partial charge in [0.25, 0.3) is 0 Å². The first kappa shape index (κ1) is 21.6. The minimum atomic E-state index is 0.289. The Balaban J connectivity index is 1.26. The Morgan fingerprint density at radius 2 is 1.94 bits per heavy atom. The zero-order valence-corrected chi connectivity index (χ0v) is 19.4. The molecule has 1 amide bonds. The Hall–Kier alpha value is -3.20. The Morgan fingerprint density at radius 1 is 1.12 bits per heavy atom. The van der Waals surface area contributed by atoms with Crippen LogP contribution in [0.1, 0.15) is 26.7 Å². The smallest absolute Gasteiger partial charge is 0.225 e. The van der Waals surface area contributed by atoms with Gasteiger partial charge in [-0.25, -0.2) is 9.50 Å². The maximum absolute atomic E-state index is 12.4. The molecule has 0 bridgehead atoms. The lowest BCUT2D eigenvalue weighted by molar-refractivity contribution is -0.132. The maximum Gasteiger partial charge on any atom is 0.225 e. The lowest BCUT2D eigenvalue weighted by Gasteiger charge is -2.36. The van der Waals surface area contributed by atoms with E-state index in [1.807, 2.05) is 21.8 Å². The van der Waals surface area contributed by atoms with Gasteiger partial charge in [-0.3, -0.25) is 9.78 Å². The van der Waals surface area contributed by atoms with Crippen molar-refractivity contribution < 1.29 is 4.79 Å². The predicted octanol–water partition coefficient (Wildman–Crippen LogP) is 2.26. The number of nitrogens with one attached hydrogen (secondary N) is 2. The molecule has 9 heteroatoms. The zero-order valence-electron chi connectivity index (χ0n) is 19.4. The second-order valence-electron chi connectivity index (χ2n) is 9.18. The number of hydrogen-bond acceptors (Lipinski definition) is 7. The minimum absolute atomic E-state index is 0.289. The second-order valence-corrected chi connectivity index (χ2v) is 9.18. The van der Waals surface area contributed by atoms with Gasteiger partial charge in [-0.1, -0.05) is 13.8 Å². The van der Waals surface area contributed by atoms with E-state index in [1.165, 1.54) is 0 Å². The van der Waals surface area contributed by atoms with E-state index in [0.29, 0.717) is 11.9 Å². The van der Waals surface area contributed by atoms with Crippen LogP contribution in [0.3, 0.4) is 0 Å². The summed E-state index contributed by atoms with van der Waals surface area (Å²) in [6.45, 7) is 9.18. The second kappa shape index (κ2) is 9.35. The summed E-state index contributed by atoms with van der Waals surface area (Å²) < 4.78 is 1.90. The van der Waals surface area contributed by atoms with Crippen molar-refractivity contribution in [1.82, 2.24) is 29.8 Å². The summed E-state index contributed by atoms with van der Waals surface area (Å²) in [6.07, 6.45) is 9.53. The number of fused-ring (bicyclic) bond motifs is 1. The highest BCUT2D eigenvalue weighted by Crippen LogP contribution is 2.32. The van der Waals surface area contributed by atoms with Gasteiger partial charge in [0, 0.05) is 69.2 Å². The number of aromatic nitrogens is 4. The van der Waals surface area contributed by atoms with Crippen LogP contribution < -0.4 is 15.5 Å². The lowest BCUT2D eigenvalue weighted by Crippen LogP contribution is -2.49. The van der Waals surface area contributed by atoms with Crippen LogP contribution in [0.25, 0.3) is 16.8 Å². The van der Waals surface area contributed by atoms with Gasteiger partial charge in [0.1, 0.15) is 5.82 Å². The van der Waals surface area contributed by atoms with Gasteiger partial charge in [-0.2, -0.15) is 5.10 Å². The SMILES string of the molecule is CC(C)NCCNc1cnc(-c2cc3c(N4CCN(C(=O)C5CC5)CC4)ccnn3c2)cn1. The quantitative estimate of drug-likeness (QED) is 0.511. The van der Waals surface area contributed by atoms with Crippen LogP contribution in [0.4, 0.5) is 11.5 Å². The topological polar surface area (TPSA) is 90.7 Å². The van der Waals surface area contributed by atoms with Gasteiger partial charge in [-0.15, -0.1) is 0 Å². The normalized spacial score (nSPS) is 16.6. The third-order valence-electron chi connectivity index (χ3n) is 6.28. The first-order valence-corrected chi connectivity index (χ1v) is 11.9. The van der Waals surface area contributed by atoms with Gasteiger partial charge in [-0.05, 0) is 25.0 Å². The van der Waals surface area contributed by atoms with Crippen molar-refractivity contribution in [3.8, 4) is 11.3 Å². The maximum atomic E-state index is 12.4. The molecule has 9 nitrogen and oxygen atoms in total. The number of rotatable bonds is 8. The summed E-state index contributed by atoms with van der Waals surface area (Å²) in [5.41, 5.74) is 3.98. The van der Waals surface area contributed by atoms with Crippen molar-refractivity contribution in [2.75, 3.05) is 49.5 Å². The molecule has 0 radical (unpaired) electrons. The number of carbonyl (C=O) groups excluding carboxylic acids is 1. The molecular weight excluding hydrogens is 416 g/mol. The van der Waals surface area contributed by atoms with E-state index >= 15 is 0 Å². The van der Waals surface area contributed by atoms with Gasteiger partial charge in [0.05, 0.1) is 29.3 Å². The van der Waals surface area contributed by atoms with Crippen molar-refractivity contribution in [1.29, 1.82) is 0 Å². The van der Waals surface area contributed by atoms with Gasteiger partial charge < -0.3 is 20.4 Å². The van der Waals surface area contributed by atoms with Crippen LogP contribution in [0.5, 0.6) is 0 Å². The number of nitrogens with zero attached hydrogens (tertiary/aromatic N) is 6. The summed E-state index contributed by atoms with van der Waals surface area (Å²) in [6, 6.07) is 4.64. The Labute approximate surface area is 194 Å². The highest BCUT2D eigenvalue weighted by Gasteiger charge is 2.34. The highest BCUT2D eigenvalue weighted by atomic mass is 16.2. The molecule has 33 heavy (non-hydrogen) atoms. The van der Waals surface area contributed by atoms with E-state index in [4.69, 9.17) is 0 Å². The molecule has 0 unspecified atom stereocenters. The van der Waals surface area contributed by atoms with Crippen LogP contribution in [0.2, 0.25) is 0 Å². The Kier molecular flexibility index (Phi) is 6.13. The van der Waals surface area contributed by atoms with Crippen LogP contribution in [0.15, 0.2) is 36.9 Å². The summed E-state index contributed by atoms with van der Waals surface area (Å²) in [5, 5.41) is 11.2. The Morgan fingerprint density at radius 3 is 2.64 bits per heavy atom. The van der Waals surface area contributed by atoms with Crippen molar-refractivity contribution in [3.05, 3.63) is 36.9 Å². The van der Waals surface area contributed by atoms with Crippen LogP contribution >= 0.6 is 0 Å². The fourth-order valence-electron chi connectivity index (χ4n) is 4.28. The molecule has 1 saturated heterocycles. The summed E-state index contributed by atoms with van der Waals surface area (Å²) in [4.78, 5) is 25.9. The minimum Gasteiger partial charge on any atom is -0.368 e. The van der Waals surface area contributed by atoms with Crippen LogP contribution in [0, 0.1) is 5.92 Å². The van der Waals surface area contributed by atoms with E-state index < -0.39 is 0 Å². The molecule has 5 rings (SSSR count). The molecule has 3 aromatic rings. The van der Waals surface area contributed by atoms with Gasteiger partial charge in [0.2, 0.25) is 5.91 Å². The molecule has 0 atom stereocenters. The van der Waals surface area contributed by atoms with E-state index in [2.05, 4.69) is 56.6 Å². The average Bonchev–Trinajstić information content (AvgIpc) is 3.59. The molecule has 0 spiro atoms. The molecule has 174 valence electrons. The van der Waals surface area contributed by atoms with Crippen molar-refractivity contribution in [2.24, 2.45) is 5.92 Å². The Bertz CT molecular complexity index is 1100. The molecular formula is C24H32N8O. The average molecular weight is 449 g/mol. The molecule has 1 aliphatic heterocycles. The first-order valence-electron chi connectivity index (χ1n) is 11.9. The zero-order chi connectivity index (χ0) is 22.8. The molecule has 1 saturated carbocycles. The van der Waals surface area contributed by atoms with Gasteiger partial charge in [0.15, 0.2) is 0 Å². The molecule has 2 aliphatic rings. The van der Waals surface area contributed by atoms with Crippen molar-refractivity contribution >= 4 is 22.9 Å². The lowest BCUT2D eigenvalue weighted by atomic mass is 10.2. The summed E-state index contributed by atoms with van der Waals surface area (Å²) >= 11 is 0. The molecule has 3 aromatic heterocycles. The van der Waals surface area contributed by atoms with Gasteiger partial charge >= 0.3 is 0 Å². The van der Waals surface area contributed by atoms with E-state index in [-0.39, 0.29) is 5.92 Å². The summed E-state index contributed by atoms with van der Waals surface area (Å²) in [5.74, 6) is 1.40. The van der Waals surface area contributed by atoms with E-state index in [0.717, 1.165) is 80.4 Å². The fraction of sp³-hybridized carbons (Fsp3) is 0.500. The number of carbonyl (C=O) groups is 1. The predicted molar refractivity (Wildman–Crippen MR) is 129 cm³/mol. The monoisotopic (exact) mass is 448 g/mol. The molecule has 2 N–H and O–H groups in total. The standard InChI is InChI=1S/C24H32N8O/c1-17(2)25-7-8-26-23-15-27-20(14-28-23)19-13-22-21(5-6-29-32(22)16-19)30-9-11-31(12-10-30)24(33)18-3-4-18/h5-6,13-18,25H,3-4,7-12H2,1-2H3,(H,26,28).